The lowest BCUT2D eigenvalue weighted by Crippen LogP contribution is -2.52. The number of amides is 2. The first-order chi connectivity index (χ1) is 9.86. The average molecular weight is 319 g/mol. The third-order valence-corrected chi connectivity index (χ3v) is 5.44. The maximum absolute atomic E-state index is 11.9. The van der Waals surface area contributed by atoms with Crippen LogP contribution in [-0.4, -0.2) is 62.9 Å². The Labute approximate surface area is 126 Å². The van der Waals surface area contributed by atoms with E-state index in [0.29, 0.717) is 25.9 Å². The zero-order valence-electron chi connectivity index (χ0n) is 12.7. The molecule has 0 spiro atoms. The van der Waals surface area contributed by atoms with Crippen LogP contribution in [-0.2, 0) is 14.8 Å². The molecule has 0 aromatic rings. The summed E-state index contributed by atoms with van der Waals surface area (Å²) < 4.78 is 29.8. The van der Waals surface area contributed by atoms with Gasteiger partial charge >= 0.3 is 6.03 Å². The van der Waals surface area contributed by atoms with Crippen LogP contribution in [0, 0.1) is 0 Å². The van der Waals surface area contributed by atoms with Crippen LogP contribution in [0.2, 0.25) is 0 Å². The lowest BCUT2D eigenvalue weighted by atomic mass is 10.1. The number of ether oxygens (including phenoxy) is 1. The lowest BCUT2D eigenvalue weighted by Gasteiger charge is -2.31. The van der Waals surface area contributed by atoms with E-state index >= 15 is 0 Å². The summed E-state index contributed by atoms with van der Waals surface area (Å²) in [4.78, 5) is 11.9. The van der Waals surface area contributed by atoms with E-state index in [2.05, 4.69) is 10.6 Å². The van der Waals surface area contributed by atoms with Crippen molar-refractivity contribution in [2.75, 3.05) is 26.0 Å². The fourth-order valence-corrected chi connectivity index (χ4v) is 3.73. The Kier molecular flexibility index (Phi) is 5.45. The fourth-order valence-electron chi connectivity index (χ4n) is 2.86. The molecule has 8 heteroatoms. The van der Waals surface area contributed by atoms with Gasteiger partial charge in [-0.1, -0.05) is 0 Å². The van der Waals surface area contributed by atoms with Crippen molar-refractivity contribution in [3.8, 4) is 0 Å². The van der Waals surface area contributed by atoms with Crippen molar-refractivity contribution in [1.82, 2.24) is 14.9 Å². The number of piperidine rings is 1. The summed E-state index contributed by atoms with van der Waals surface area (Å²) in [5.74, 6) is 0. The Morgan fingerprint density at radius 2 is 1.95 bits per heavy atom. The molecule has 2 N–H and O–H groups in total. The van der Waals surface area contributed by atoms with Crippen molar-refractivity contribution in [1.29, 1.82) is 0 Å². The molecule has 0 radical (unpaired) electrons. The van der Waals surface area contributed by atoms with E-state index in [4.69, 9.17) is 4.74 Å². The maximum atomic E-state index is 11.9. The predicted molar refractivity (Wildman–Crippen MR) is 79.5 cm³/mol. The standard InChI is InChI=1S/C13H25N3O4S/c1-10(12-4-3-9-20-12)14-13(17)15-11-5-7-16(8-6-11)21(2,18)19/h10-12H,3-9H2,1-2H3,(H2,14,15,17)/t10-,12-/m1/s1. The highest BCUT2D eigenvalue weighted by Crippen LogP contribution is 2.16. The molecule has 2 saturated heterocycles. The number of carbonyl (C=O) groups is 1. The minimum atomic E-state index is -3.12. The van der Waals surface area contributed by atoms with E-state index in [1.54, 1.807) is 0 Å². The monoisotopic (exact) mass is 319 g/mol. The van der Waals surface area contributed by atoms with E-state index in [1.165, 1.54) is 10.6 Å². The average Bonchev–Trinajstić information content (AvgIpc) is 2.92. The highest BCUT2D eigenvalue weighted by atomic mass is 32.2. The molecule has 2 rings (SSSR count). The fraction of sp³-hybridized carbons (Fsp3) is 0.923. The third-order valence-electron chi connectivity index (χ3n) is 4.14. The SMILES string of the molecule is C[C@@H](NC(=O)NC1CCN(S(C)(=O)=O)CC1)[C@H]1CCCO1. The molecule has 2 fully saturated rings. The minimum Gasteiger partial charge on any atom is -0.376 e. The zero-order chi connectivity index (χ0) is 15.5. The molecule has 0 aliphatic carbocycles. The highest BCUT2D eigenvalue weighted by molar-refractivity contribution is 7.88. The van der Waals surface area contributed by atoms with Gasteiger partial charge in [-0.3, -0.25) is 0 Å². The summed E-state index contributed by atoms with van der Waals surface area (Å²) in [6, 6.07) is -0.181. The van der Waals surface area contributed by atoms with Crippen LogP contribution >= 0.6 is 0 Å². The van der Waals surface area contributed by atoms with E-state index in [1.807, 2.05) is 6.92 Å². The molecular weight excluding hydrogens is 294 g/mol. The van der Waals surface area contributed by atoms with Gasteiger partial charge in [0.15, 0.2) is 0 Å². The van der Waals surface area contributed by atoms with Gasteiger partial charge in [-0.05, 0) is 32.6 Å². The first kappa shape index (κ1) is 16.5. The zero-order valence-corrected chi connectivity index (χ0v) is 13.5. The van der Waals surface area contributed by atoms with Crippen LogP contribution in [0.3, 0.4) is 0 Å². The van der Waals surface area contributed by atoms with Gasteiger partial charge in [-0.15, -0.1) is 0 Å². The Hall–Kier alpha value is -0.860. The van der Waals surface area contributed by atoms with Gasteiger partial charge in [0.25, 0.3) is 0 Å². The van der Waals surface area contributed by atoms with Crippen molar-refractivity contribution in [3.05, 3.63) is 0 Å². The van der Waals surface area contributed by atoms with Crippen molar-refractivity contribution in [2.24, 2.45) is 0 Å². The number of carbonyl (C=O) groups excluding carboxylic acids is 1. The summed E-state index contributed by atoms with van der Waals surface area (Å²) in [7, 11) is -3.12. The second kappa shape index (κ2) is 6.93. The summed E-state index contributed by atoms with van der Waals surface area (Å²) in [5, 5.41) is 5.82. The van der Waals surface area contributed by atoms with E-state index in [-0.39, 0.29) is 24.2 Å². The van der Waals surface area contributed by atoms with Gasteiger partial charge in [-0.2, -0.15) is 0 Å². The summed E-state index contributed by atoms with van der Waals surface area (Å²) >= 11 is 0. The number of urea groups is 1. The second-order valence-electron chi connectivity index (χ2n) is 5.89. The van der Waals surface area contributed by atoms with Crippen LogP contribution < -0.4 is 10.6 Å². The molecule has 2 amide bonds. The summed E-state index contributed by atoms with van der Waals surface area (Å²) in [5.41, 5.74) is 0. The first-order valence-corrected chi connectivity index (χ1v) is 9.35. The van der Waals surface area contributed by atoms with Crippen molar-refractivity contribution < 1.29 is 17.9 Å². The summed E-state index contributed by atoms with van der Waals surface area (Å²) in [6.45, 7) is 3.64. The van der Waals surface area contributed by atoms with E-state index in [0.717, 1.165) is 19.4 Å². The molecule has 0 aromatic carbocycles. The quantitative estimate of drug-likeness (QED) is 0.779. The molecule has 122 valence electrons. The largest absolute Gasteiger partial charge is 0.376 e. The Morgan fingerprint density at radius 3 is 2.48 bits per heavy atom. The first-order valence-electron chi connectivity index (χ1n) is 7.50. The topological polar surface area (TPSA) is 87.7 Å². The number of hydrogen-bond donors (Lipinski definition) is 2. The van der Waals surface area contributed by atoms with E-state index < -0.39 is 10.0 Å². The van der Waals surface area contributed by atoms with Gasteiger partial charge in [0, 0.05) is 25.7 Å². The minimum absolute atomic E-state index is 0.0105. The molecule has 2 heterocycles. The Bertz CT molecular complexity index is 454. The van der Waals surface area contributed by atoms with Crippen LogP contribution in [0.25, 0.3) is 0 Å². The molecule has 2 aliphatic heterocycles. The molecule has 0 saturated carbocycles. The highest BCUT2D eigenvalue weighted by Gasteiger charge is 2.27. The van der Waals surface area contributed by atoms with Crippen LogP contribution in [0.1, 0.15) is 32.6 Å². The molecule has 2 atom stereocenters. The number of nitrogens with zero attached hydrogens (tertiary/aromatic N) is 1. The molecule has 0 bridgehead atoms. The van der Waals surface area contributed by atoms with Gasteiger partial charge in [0.05, 0.1) is 18.4 Å². The van der Waals surface area contributed by atoms with E-state index in [9.17, 15) is 13.2 Å². The van der Waals surface area contributed by atoms with Crippen LogP contribution in [0.5, 0.6) is 0 Å². The number of nitrogens with one attached hydrogen (secondary N) is 2. The van der Waals surface area contributed by atoms with Gasteiger partial charge < -0.3 is 15.4 Å². The molecular formula is C13H25N3O4S. The van der Waals surface area contributed by atoms with Crippen LogP contribution in [0.4, 0.5) is 4.79 Å². The summed E-state index contributed by atoms with van der Waals surface area (Å²) in [6.07, 6.45) is 4.64. The maximum Gasteiger partial charge on any atom is 0.315 e. The van der Waals surface area contributed by atoms with Crippen molar-refractivity contribution >= 4 is 16.1 Å². The number of hydrogen-bond acceptors (Lipinski definition) is 4. The number of sulfonamides is 1. The molecule has 0 aromatic heterocycles. The third kappa shape index (κ3) is 4.82. The molecule has 21 heavy (non-hydrogen) atoms. The molecule has 0 unspecified atom stereocenters. The lowest BCUT2D eigenvalue weighted by molar-refractivity contribution is 0.0857. The van der Waals surface area contributed by atoms with Gasteiger partial charge in [0.1, 0.15) is 0 Å². The Balaban J connectivity index is 1.71. The van der Waals surface area contributed by atoms with Crippen molar-refractivity contribution in [2.45, 2.75) is 50.8 Å². The molecule has 7 nitrogen and oxygen atoms in total. The second-order valence-corrected chi connectivity index (χ2v) is 7.88. The van der Waals surface area contributed by atoms with Gasteiger partial charge in [-0.25, -0.2) is 17.5 Å². The normalized spacial score (nSPS) is 26.5. The smallest absolute Gasteiger partial charge is 0.315 e. The van der Waals surface area contributed by atoms with Gasteiger partial charge in [0.2, 0.25) is 10.0 Å². The van der Waals surface area contributed by atoms with Crippen molar-refractivity contribution in [3.63, 3.8) is 0 Å². The Morgan fingerprint density at radius 1 is 1.29 bits per heavy atom. The number of rotatable bonds is 4. The predicted octanol–water partition coefficient (Wildman–Crippen LogP) is 0.277. The molecule has 2 aliphatic rings. The van der Waals surface area contributed by atoms with Crippen LogP contribution in [0.15, 0.2) is 0 Å².